The van der Waals surface area contributed by atoms with Gasteiger partial charge < -0.3 is 14.2 Å². The standard InChI is InChI=1S/C56H98O6/c1-4-7-10-13-16-19-22-25-28-31-34-37-40-43-46-49-55(58)61-52-53(51-60-54(57)48-45-42-39-36-33-30-27-24-21-18-15-12-9-6-3)62-56(59)50-47-44-41-38-35-32-29-26-23-20-17-14-11-8-5-2/h7,10,13,16,19,22,25,28,31,34,53H,4-6,8-9,11-12,14-15,17-18,20-21,23-24,26-27,29-30,32-33,35-52H2,1-3H3/b10-7-,16-13-,22-19-,28-25-,34-31-. The third kappa shape index (κ3) is 48.1. The van der Waals surface area contributed by atoms with Gasteiger partial charge in [-0.1, -0.05) is 261 Å². The molecule has 1 atom stereocenters. The highest BCUT2D eigenvalue weighted by atomic mass is 16.6. The molecule has 0 N–H and O–H groups in total. The molecule has 6 heteroatoms. The normalized spacial score (nSPS) is 12.5. The summed E-state index contributed by atoms with van der Waals surface area (Å²) < 4.78 is 16.8. The summed E-state index contributed by atoms with van der Waals surface area (Å²) in [6.45, 7) is 6.48. The molecule has 0 bridgehead atoms. The van der Waals surface area contributed by atoms with E-state index in [4.69, 9.17) is 14.2 Å². The number of carbonyl (C=O) groups is 3. The molecule has 0 aliphatic heterocycles. The van der Waals surface area contributed by atoms with Crippen molar-refractivity contribution in [2.24, 2.45) is 0 Å². The SMILES string of the molecule is CC\C=C/C=C\C=C/C=C\C=C/CCCCCC(=O)OCC(COC(=O)CCCCCCCCCCCCCCCC)OC(=O)CCCCCCCCCCCCCCCCC. The monoisotopic (exact) mass is 867 g/mol. The van der Waals surface area contributed by atoms with E-state index in [2.05, 4.69) is 32.9 Å². The maximum absolute atomic E-state index is 12.8. The lowest BCUT2D eigenvalue weighted by atomic mass is 10.0. The fraction of sp³-hybridized carbons (Fsp3) is 0.768. The van der Waals surface area contributed by atoms with Gasteiger partial charge in [0.1, 0.15) is 13.2 Å². The van der Waals surface area contributed by atoms with Crippen molar-refractivity contribution in [2.45, 2.75) is 264 Å². The Morgan fingerprint density at radius 1 is 0.339 bits per heavy atom. The number of esters is 3. The van der Waals surface area contributed by atoms with Crippen LogP contribution in [-0.4, -0.2) is 37.2 Å². The van der Waals surface area contributed by atoms with Crippen LogP contribution in [0.25, 0.3) is 0 Å². The van der Waals surface area contributed by atoms with Crippen molar-refractivity contribution in [3.8, 4) is 0 Å². The Balaban J connectivity index is 4.43. The zero-order valence-electron chi connectivity index (χ0n) is 40.9. The quantitative estimate of drug-likeness (QED) is 0.0262. The van der Waals surface area contributed by atoms with E-state index in [0.29, 0.717) is 19.3 Å². The fourth-order valence-electron chi connectivity index (χ4n) is 7.46. The summed E-state index contributed by atoms with van der Waals surface area (Å²) in [4.78, 5) is 38.0. The first-order valence-electron chi connectivity index (χ1n) is 26.4. The largest absolute Gasteiger partial charge is 0.462 e. The first-order chi connectivity index (χ1) is 30.5. The molecule has 1 unspecified atom stereocenters. The summed E-state index contributed by atoms with van der Waals surface area (Å²) in [5.41, 5.74) is 0. The highest BCUT2D eigenvalue weighted by Gasteiger charge is 2.19. The average Bonchev–Trinajstić information content (AvgIpc) is 3.27. The Bertz CT molecular complexity index is 1130. The second-order valence-electron chi connectivity index (χ2n) is 17.5. The van der Waals surface area contributed by atoms with Crippen molar-refractivity contribution in [1.82, 2.24) is 0 Å². The maximum Gasteiger partial charge on any atom is 0.306 e. The van der Waals surface area contributed by atoms with Crippen LogP contribution in [0.1, 0.15) is 258 Å². The van der Waals surface area contributed by atoms with E-state index in [1.165, 1.54) is 148 Å². The Hall–Kier alpha value is -2.89. The van der Waals surface area contributed by atoms with Crippen LogP contribution in [0.15, 0.2) is 60.8 Å². The van der Waals surface area contributed by atoms with Crippen LogP contribution in [0.3, 0.4) is 0 Å². The minimum atomic E-state index is -0.787. The predicted molar refractivity (Wildman–Crippen MR) is 265 cm³/mol. The Morgan fingerprint density at radius 3 is 0.984 bits per heavy atom. The molecule has 0 aromatic carbocycles. The molecule has 0 saturated carbocycles. The molecular formula is C56H98O6. The first kappa shape index (κ1) is 59.1. The molecule has 0 fully saturated rings. The van der Waals surface area contributed by atoms with Crippen LogP contribution < -0.4 is 0 Å². The zero-order chi connectivity index (χ0) is 45.1. The molecule has 358 valence electrons. The summed E-state index contributed by atoms with van der Waals surface area (Å²) in [6.07, 6.45) is 62.0. The van der Waals surface area contributed by atoms with Crippen molar-refractivity contribution in [2.75, 3.05) is 13.2 Å². The molecular weight excluding hydrogens is 769 g/mol. The van der Waals surface area contributed by atoms with Crippen LogP contribution in [0, 0.1) is 0 Å². The van der Waals surface area contributed by atoms with Gasteiger partial charge in [-0.3, -0.25) is 14.4 Å². The number of ether oxygens (including phenoxy) is 3. The molecule has 0 aliphatic rings. The lowest BCUT2D eigenvalue weighted by Crippen LogP contribution is -2.30. The van der Waals surface area contributed by atoms with Gasteiger partial charge in [0, 0.05) is 19.3 Å². The molecule has 0 aliphatic carbocycles. The van der Waals surface area contributed by atoms with Gasteiger partial charge >= 0.3 is 17.9 Å². The van der Waals surface area contributed by atoms with Gasteiger partial charge in [-0.25, -0.2) is 0 Å². The van der Waals surface area contributed by atoms with E-state index in [9.17, 15) is 14.4 Å². The Kier molecular flexibility index (Phi) is 48.4. The van der Waals surface area contributed by atoms with Crippen molar-refractivity contribution >= 4 is 17.9 Å². The van der Waals surface area contributed by atoms with Crippen LogP contribution >= 0.6 is 0 Å². The second-order valence-corrected chi connectivity index (χ2v) is 17.5. The van der Waals surface area contributed by atoms with E-state index < -0.39 is 6.10 Å². The van der Waals surface area contributed by atoms with Crippen molar-refractivity contribution in [3.63, 3.8) is 0 Å². The van der Waals surface area contributed by atoms with Crippen LogP contribution in [0.5, 0.6) is 0 Å². The van der Waals surface area contributed by atoms with Gasteiger partial charge in [0.2, 0.25) is 0 Å². The van der Waals surface area contributed by atoms with E-state index in [1.807, 2.05) is 48.6 Å². The van der Waals surface area contributed by atoms with Gasteiger partial charge in [0.25, 0.3) is 0 Å². The van der Waals surface area contributed by atoms with Crippen molar-refractivity contribution in [3.05, 3.63) is 60.8 Å². The number of carbonyl (C=O) groups excluding carboxylic acids is 3. The molecule has 0 aromatic rings. The number of allylic oxidation sites excluding steroid dienone is 10. The van der Waals surface area contributed by atoms with Crippen LogP contribution in [0.4, 0.5) is 0 Å². The predicted octanol–water partition coefficient (Wildman–Crippen LogP) is 17.3. The minimum Gasteiger partial charge on any atom is -0.462 e. The van der Waals surface area contributed by atoms with E-state index >= 15 is 0 Å². The van der Waals surface area contributed by atoms with Crippen LogP contribution in [0.2, 0.25) is 0 Å². The molecule has 0 saturated heterocycles. The molecule has 6 nitrogen and oxygen atoms in total. The summed E-state index contributed by atoms with van der Waals surface area (Å²) in [5.74, 6) is -0.918. The topological polar surface area (TPSA) is 78.9 Å². The third-order valence-corrected chi connectivity index (χ3v) is 11.4. The maximum atomic E-state index is 12.8. The van der Waals surface area contributed by atoms with Gasteiger partial charge in [-0.2, -0.15) is 0 Å². The lowest BCUT2D eigenvalue weighted by molar-refractivity contribution is -0.167. The summed E-state index contributed by atoms with van der Waals surface area (Å²) >= 11 is 0. The number of hydrogen-bond donors (Lipinski definition) is 0. The van der Waals surface area contributed by atoms with E-state index in [-0.39, 0.29) is 31.1 Å². The van der Waals surface area contributed by atoms with E-state index in [0.717, 1.165) is 70.6 Å². The third-order valence-electron chi connectivity index (χ3n) is 11.4. The van der Waals surface area contributed by atoms with Crippen molar-refractivity contribution < 1.29 is 28.6 Å². The zero-order valence-corrected chi connectivity index (χ0v) is 40.9. The van der Waals surface area contributed by atoms with Crippen molar-refractivity contribution in [1.29, 1.82) is 0 Å². The molecule has 0 amide bonds. The fourth-order valence-corrected chi connectivity index (χ4v) is 7.46. The minimum absolute atomic E-state index is 0.0844. The molecule has 0 rings (SSSR count). The number of rotatable bonds is 47. The molecule has 0 heterocycles. The van der Waals surface area contributed by atoms with E-state index in [1.54, 1.807) is 0 Å². The van der Waals surface area contributed by atoms with Gasteiger partial charge in [0.05, 0.1) is 0 Å². The second kappa shape index (κ2) is 50.8. The first-order valence-corrected chi connectivity index (χ1v) is 26.4. The smallest absolute Gasteiger partial charge is 0.306 e. The molecule has 62 heavy (non-hydrogen) atoms. The van der Waals surface area contributed by atoms with Gasteiger partial charge in [-0.05, 0) is 38.5 Å². The molecule has 0 radical (unpaired) electrons. The summed E-state index contributed by atoms with van der Waals surface area (Å²) in [5, 5.41) is 0. The Labute approximate surface area is 383 Å². The average molecular weight is 867 g/mol. The van der Waals surface area contributed by atoms with Gasteiger partial charge in [0.15, 0.2) is 6.10 Å². The number of hydrogen-bond acceptors (Lipinski definition) is 6. The number of unbranched alkanes of at least 4 members (excludes halogenated alkanes) is 30. The highest BCUT2D eigenvalue weighted by molar-refractivity contribution is 5.71. The van der Waals surface area contributed by atoms with Crippen LogP contribution in [-0.2, 0) is 28.6 Å². The molecule has 0 aromatic heterocycles. The lowest BCUT2D eigenvalue weighted by Gasteiger charge is -2.18. The summed E-state index contributed by atoms with van der Waals surface area (Å²) in [7, 11) is 0. The molecule has 0 spiro atoms. The summed E-state index contributed by atoms with van der Waals surface area (Å²) in [6, 6.07) is 0. The highest BCUT2D eigenvalue weighted by Crippen LogP contribution is 2.16. The Morgan fingerprint density at radius 2 is 0.629 bits per heavy atom. The van der Waals surface area contributed by atoms with Gasteiger partial charge in [-0.15, -0.1) is 0 Å².